The number of nitrogens with two attached hydrogens (primary N) is 1. The first-order valence-electron chi connectivity index (χ1n) is 6.95. The van der Waals surface area contributed by atoms with Crippen LogP contribution in [-0.4, -0.2) is 31.2 Å². The summed E-state index contributed by atoms with van der Waals surface area (Å²) in [5, 5.41) is 3.05. The number of nitrogens with one attached hydrogen (secondary N) is 1. The molecule has 4 nitrogen and oxygen atoms in total. The largest absolute Gasteiger partial charge is 0.376 e. The van der Waals surface area contributed by atoms with Gasteiger partial charge >= 0.3 is 0 Å². The minimum atomic E-state index is -0.103. The van der Waals surface area contributed by atoms with Crippen LogP contribution in [0.25, 0.3) is 0 Å². The van der Waals surface area contributed by atoms with Crippen molar-refractivity contribution in [2.75, 3.05) is 13.2 Å². The Bertz CT molecular complexity index is 267. The molecule has 1 heterocycles. The van der Waals surface area contributed by atoms with E-state index in [2.05, 4.69) is 26.1 Å². The van der Waals surface area contributed by atoms with E-state index in [0.29, 0.717) is 6.54 Å². The van der Waals surface area contributed by atoms with E-state index in [9.17, 15) is 4.79 Å². The van der Waals surface area contributed by atoms with Gasteiger partial charge in [0.15, 0.2) is 0 Å². The molecule has 1 fully saturated rings. The molecule has 3 N–H and O–H groups in total. The van der Waals surface area contributed by atoms with Crippen molar-refractivity contribution < 1.29 is 9.53 Å². The molecule has 0 aromatic heterocycles. The molecule has 0 radical (unpaired) electrons. The molecule has 106 valence electrons. The van der Waals surface area contributed by atoms with Crippen molar-refractivity contribution in [2.45, 2.75) is 59.1 Å². The van der Waals surface area contributed by atoms with Crippen molar-refractivity contribution in [2.24, 2.45) is 17.1 Å². The third-order valence-electron chi connectivity index (χ3n) is 3.41. The first-order valence-corrected chi connectivity index (χ1v) is 6.95. The van der Waals surface area contributed by atoms with Gasteiger partial charge in [-0.05, 0) is 31.6 Å². The van der Waals surface area contributed by atoms with Crippen LogP contribution in [0.3, 0.4) is 0 Å². The molecule has 0 bridgehead atoms. The molecule has 1 aliphatic heterocycles. The maximum Gasteiger partial charge on any atom is 0.224 e. The standard InChI is InChI=1S/C14H28N2O2/c1-10(12-6-5-7-18-12)16-13(17)11(9-15)8-14(2,3)4/h10-12H,5-9,15H2,1-4H3,(H,16,17). The topological polar surface area (TPSA) is 64.4 Å². The molecule has 3 unspecified atom stereocenters. The summed E-state index contributed by atoms with van der Waals surface area (Å²) >= 11 is 0. The summed E-state index contributed by atoms with van der Waals surface area (Å²) in [4.78, 5) is 12.2. The lowest BCUT2D eigenvalue weighted by atomic mass is 9.84. The lowest BCUT2D eigenvalue weighted by molar-refractivity contribution is -0.127. The molecule has 1 saturated heterocycles. The van der Waals surface area contributed by atoms with Crippen LogP contribution in [0.2, 0.25) is 0 Å². The summed E-state index contributed by atoms with van der Waals surface area (Å²) in [5.41, 5.74) is 5.84. The average Bonchev–Trinajstić information content (AvgIpc) is 2.77. The van der Waals surface area contributed by atoms with Gasteiger partial charge in [0.05, 0.1) is 18.1 Å². The molecular formula is C14H28N2O2. The fourth-order valence-corrected chi connectivity index (χ4v) is 2.45. The molecule has 0 saturated carbocycles. The normalized spacial score (nSPS) is 23.7. The highest BCUT2D eigenvalue weighted by Gasteiger charge is 2.28. The van der Waals surface area contributed by atoms with Gasteiger partial charge in [-0.25, -0.2) is 0 Å². The van der Waals surface area contributed by atoms with Crippen LogP contribution >= 0.6 is 0 Å². The number of carbonyl (C=O) groups excluding carboxylic acids is 1. The van der Waals surface area contributed by atoms with Crippen LogP contribution in [-0.2, 0) is 9.53 Å². The molecule has 0 aromatic carbocycles. The second-order valence-corrected chi connectivity index (χ2v) is 6.55. The van der Waals surface area contributed by atoms with Gasteiger partial charge in [0.2, 0.25) is 5.91 Å². The van der Waals surface area contributed by atoms with Crippen LogP contribution in [0, 0.1) is 11.3 Å². The summed E-state index contributed by atoms with van der Waals surface area (Å²) < 4.78 is 5.58. The Balaban J connectivity index is 2.46. The predicted molar refractivity (Wildman–Crippen MR) is 73.2 cm³/mol. The fourth-order valence-electron chi connectivity index (χ4n) is 2.45. The second-order valence-electron chi connectivity index (χ2n) is 6.55. The van der Waals surface area contributed by atoms with Gasteiger partial charge < -0.3 is 15.8 Å². The Labute approximate surface area is 111 Å². The molecule has 18 heavy (non-hydrogen) atoms. The number of amides is 1. The van der Waals surface area contributed by atoms with Crippen molar-refractivity contribution in [3.8, 4) is 0 Å². The zero-order chi connectivity index (χ0) is 13.8. The van der Waals surface area contributed by atoms with Crippen molar-refractivity contribution in [3.05, 3.63) is 0 Å². The Hall–Kier alpha value is -0.610. The predicted octanol–water partition coefficient (Wildman–Crippen LogP) is 1.68. The number of carbonyl (C=O) groups is 1. The van der Waals surface area contributed by atoms with E-state index in [-0.39, 0.29) is 29.4 Å². The fraction of sp³-hybridized carbons (Fsp3) is 0.929. The Morgan fingerprint density at radius 3 is 2.61 bits per heavy atom. The molecule has 3 atom stereocenters. The highest BCUT2D eigenvalue weighted by atomic mass is 16.5. The minimum absolute atomic E-state index is 0.0652. The van der Waals surface area contributed by atoms with Crippen LogP contribution in [0.5, 0.6) is 0 Å². The monoisotopic (exact) mass is 256 g/mol. The minimum Gasteiger partial charge on any atom is -0.376 e. The maximum atomic E-state index is 12.2. The Morgan fingerprint density at radius 2 is 2.17 bits per heavy atom. The summed E-state index contributed by atoms with van der Waals surface area (Å²) in [6.07, 6.45) is 3.11. The van der Waals surface area contributed by atoms with Gasteiger partial charge in [-0.2, -0.15) is 0 Å². The molecule has 0 spiro atoms. The van der Waals surface area contributed by atoms with Crippen LogP contribution in [0.4, 0.5) is 0 Å². The van der Waals surface area contributed by atoms with Gasteiger partial charge in [-0.15, -0.1) is 0 Å². The van der Waals surface area contributed by atoms with Gasteiger partial charge in [-0.1, -0.05) is 20.8 Å². The average molecular weight is 256 g/mol. The first-order chi connectivity index (χ1) is 8.33. The van der Waals surface area contributed by atoms with Gasteiger partial charge in [0.25, 0.3) is 0 Å². The van der Waals surface area contributed by atoms with Crippen LogP contribution in [0.1, 0.15) is 47.0 Å². The second kappa shape index (κ2) is 6.53. The van der Waals surface area contributed by atoms with E-state index in [0.717, 1.165) is 25.9 Å². The van der Waals surface area contributed by atoms with Gasteiger partial charge in [0.1, 0.15) is 0 Å². The van der Waals surface area contributed by atoms with Crippen LogP contribution in [0.15, 0.2) is 0 Å². The quantitative estimate of drug-likeness (QED) is 0.786. The third-order valence-corrected chi connectivity index (χ3v) is 3.41. The lowest BCUT2D eigenvalue weighted by Crippen LogP contribution is -2.46. The zero-order valence-corrected chi connectivity index (χ0v) is 12.2. The molecule has 1 aliphatic rings. The number of ether oxygens (including phenoxy) is 1. The van der Waals surface area contributed by atoms with Crippen molar-refractivity contribution in [3.63, 3.8) is 0 Å². The van der Waals surface area contributed by atoms with E-state index in [1.54, 1.807) is 0 Å². The third kappa shape index (κ3) is 4.94. The van der Waals surface area contributed by atoms with Crippen molar-refractivity contribution in [1.82, 2.24) is 5.32 Å². The number of hydrogen-bond acceptors (Lipinski definition) is 3. The van der Waals surface area contributed by atoms with Gasteiger partial charge in [-0.3, -0.25) is 4.79 Å². The highest BCUT2D eigenvalue weighted by Crippen LogP contribution is 2.24. The van der Waals surface area contributed by atoms with Crippen molar-refractivity contribution in [1.29, 1.82) is 0 Å². The highest BCUT2D eigenvalue weighted by molar-refractivity contribution is 5.79. The number of rotatable bonds is 5. The molecule has 0 aliphatic carbocycles. The first kappa shape index (κ1) is 15.4. The maximum absolute atomic E-state index is 12.2. The summed E-state index contributed by atoms with van der Waals surface area (Å²) in [6, 6.07) is 0.0778. The summed E-state index contributed by atoms with van der Waals surface area (Å²) in [5.74, 6) is -0.0377. The molecule has 1 amide bonds. The van der Waals surface area contributed by atoms with Crippen molar-refractivity contribution >= 4 is 5.91 Å². The lowest BCUT2D eigenvalue weighted by Gasteiger charge is -2.27. The van der Waals surface area contributed by atoms with E-state index in [1.807, 2.05) is 6.92 Å². The molecular weight excluding hydrogens is 228 g/mol. The van der Waals surface area contributed by atoms with E-state index in [4.69, 9.17) is 10.5 Å². The summed E-state index contributed by atoms with van der Waals surface area (Å²) in [6.45, 7) is 9.62. The smallest absolute Gasteiger partial charge is 0.224 e. The van der Waals surface area contributed by atoms with Crippen LogP contribution < -0.4 is 11.1 Å². The zero-order valence-electron chi connectivity index (χ0n) is 12.2. The Morgan fingerprint density at radius 1 is 1.50 bits per heavy atom. The van der Waals surface area contributed by atoms with E-state index in [1.165, 1.54) is 0 Å². The van der Waals surface area contributed by atoms with E-state index >= 15 is 0 Å². The van der Waals surface area contributed by atoms with E-state index < -0.39 is 0 Å². The SMILES string of the molecule is CC(NC(=O)C(CN)CC(C)(C)C)C1CCCO1. The number of hydrogen-bond donors (Lipinski definition) is 2. The van der Waals surface area contributed by atoms with Gasteiger partial charge in [0, 0.05) is 13.2 Å². The molecule has 1 rings (SSSR count). The summed E-state index contributed by atoms with van der Waals surface area (Å²) in [7, 11) is 0. The molecule has 4 heteroatoms. The molecule has 0 aromatic rings. The Kier molecular flexibility index (Phi) is 5.60.